The second kappa shape index (κ2) is 11.5. The number of carbonyl (C=O) groups excluding carboxylic acids is 1. The Bertz CT molecular complexity index is 1540. The molecule has 0 radical (unpaired) electrons. The number of aromatic carboxylic acids is 1. The van der Waals surface area contributed by atoms with Crippen molar-refractivity contribution < 1.29 is 14.7 Å². The van der Waals surface area contributed by atoms with Gasteiger partial charge < -0.3 is 10.0 Å². The molecule has 0 bridgehead atoms. The lowest BCUT2D eigenvalue weighted by atomic mass is 9.32. The van der Waals surface area contributed by atoms with Crippen LogP contribution in [0, 0.1) is 56.7 Å². The number of hydrogen-bond donors (Lipinski definition) is 1. The van der Waals surface area contributed by atoms with Crippen molar-refractivity contribution in [2.24, 2.45) is 56.7 Å². The molecule has 1 aliphatic heterocycles. The lowest BCUT2D eigenvalue weighted by Gasteiger charge is -2.72. The van der Waals surface area contributed by atoms with Crippen LogP contribution in [0.4, 0.5) is 0 Å². The van der Waals surface area contributed by atoms with Crippen LogP contribution >= 0.6 is 0 Å². The summed E-state index contributed by atoms with van der Waals surface area (Å²) in [4.78, 5) is 28.6. The van der Waals surface area contributed by atoms with Crippen molar-refractivity contribution in [3.63, 3.8) is 0 Å². The van der Waals surface area contributed by atoms with Crippen molar-refractivity contribution in [3.8, 4) is 0 Å². The Morgan fingerprint density at radius 2 is 1.50 bits per heavy atom. The third kappa shape index (κ3) is 4.58. The van der Waals surface area contributed by atoms with Gasteiger partial charge in [-0.25, -0.2) is 4.79 Å². The van der Waals surface area contributed by atoms with Gasteiger partial charge in [0.15, 0.2) is 0 Å². The van der Waals surface area contributed by atoms with Crippen LogP contribution in [-0.2, 0) is 4.79 Å². The largest absolute Gasteiger partial charge is 0.478 e. The van der Waals surface area contributed by atoms with Crippen molar-refractivity contribution in [2.45, 2.75) is 119 Å². The maximum absolute atomic E-state index is 14.8. The molecule has 1 saturated heterocycles. The van der Waals surface area contributed by atoms with Gasteiger partial charge in [-0.2, -0.15) is 0 Å². The maximum Gasteiger partial charge on any atom is 0.335 e. The minimum absolute atomic E-state index is 0.00478. The summed E-state index contributed by atoms with van der Waals surface area (Å²) >= 11 is 0. The first-order valence-electron chi connectivity index (χ1n) is 19.3. The Morgan fingerprint density at radius 1 is 0.812 bits per heavy atom. The van der Waals surface area contributed by atoms with Crippen LogP contribution in [0.25, 0.3) is 5.57 Å². The molecule has 1 heterocycles. The Labute approximate surface area is 290 Å². The van der Waals surface area contributed by atoms with Gasteiger partial charge in [-0.1, -0.05) is 71.6 Å². The zero-order valence-corrected chi connectivity index (χ0v) is 30.8. The quantitative estimate of drug-likeness (QED) is 0.322. The van der Waals surface area contributed by atoms with Gasteiger partial charge in [-0.15, -0.1) is 0 Å². The van der Waals surface area contributed by atoms with Crippen LogP contribution in [0.15, 0.2) is 54.6 Å². The molecule has 1 aromatic rings. The molecule has 9 unspecified atom stereocenters. The van der Waals surface area contributed by atoms with Gasteiger partial charge in [0.05, 0.1) is 11.0 Å². The SMILES string of the molecule is C=C(C)C(=C)C1CCC2(C(=O)N3CCCCC3)CCC3(C)C(CCC4C5(C)CC=C(c6ccc(C(=O)O)cc6)C(C)(C)C5CCC43C)C12. The standard InChI is InChI=1S/C44H61NO3/c1-28(2)29(3)32-18-23-44(39(48)45-26-10-9-11-27-45)25-24-42(7)34(37(32)44)16-17-36-41(6)21-19-33(30-12-14-31(15-13-30)38(46)47)40(4,5)35(41)20-22-43(36,42)8/h12-15,19,32,34-37H,1,3,9-11,16-18,20-27H2,2,4-8H3,(H,46,47). The molecule has 5 aliphatic carbocycles. The van der Waals surface area contributed by atoms with Gasteiger partial charge in [0.25, 0.3) is 0 Å². The molecule has 0 spiro atoms. The van der Waals surface area contributed by atoms with Gasteiger partial charge >= 0.3 is 5.97 Å². The number of carboxylic acids is 1. The van der Waals surface area contributed by atoms with Crippen LogP contribution in [0.1, 0.15) is 135 Å². The van der Waals surface area contributed by atoms with Gasteiger partial charge in [0.2, 0.25) is 5.91 Å². The van der Waals surface area contributed by atoms with E-state index in [0.717, 1.165) is 63.6 Å². The molecule has 1 N–H and O–H groups in total. The highest BCUT2D eigenvalue weighted by molar-refractivity contribution is 5.88. The average Bonchev–Trinajstić information content (AvgIpc) is 3.45. The number of nitrogens with zero attached hydrogens (tertiary/aromatic N) is 1. The van der Waals surface area contributed by atoms with Crippen LogP contribution in [-0.4, -0.2) is 35.0 Å². The molecular weight excluding hydrogens is 590 g/mol. The van der Waals surface area contributed by atoms with E-state index in [4.69, 9.17) is 0 Å². The minimum atomic E-state index is -0.870. The molecule has 48 heavy (non-hydrogen) atoms. The van der Waals surface area contributed by atoms with E-state index in [1.807, 2.05) is 12.1 Å². The number of likely N-dealkylation sites (tertiary alicyclic amines) is 1. The summed E-state index contributed by atoms with van der Waals surface area (Å²) in [6, 6.07) is 7.57. The van der Waals surface area contributed by atoms with Crippen molar-refractivity contribution in [3.05, 3.63) is 65.8 Å². The van der Waals surface area contributed by atoms with E-state index in [0.29, 0.717) is 41.1 Å². The minimum Gasteiger partial charge on any atom is -0.478 e. The second-order valence-electron chi connectivity index (χ2n) is 18.6. The first kappa shape index (κ1) is 33.9. The number of hydrogen-bond acceptors (Lipinski definition) is 2. The molecule has 260 valence electrons. The highest BCUT2D eigenvalue weighted by Crippen LogP contribution is 2.78. The van der Waals surface area contributed by atoms with E-state index in [1.54, 1.807) is 12.1 Å². The molecule has 9 atom stereocenters. The summed E-state index contributed by atoms with van der Waals surface area (Å²) in [5.41, 5.74) is 5.56. The fourth-order valence-corrected chi connectivity index (χ4v) is 14.0. The van der Waals surface area contributed by atoms with E-state index >= 15 is 0 Å². The Balaban J connectivity index is 1.24. The molecule has 1 amide bonds. The van der Waals surface area contributed by atoms with Gasteiger partial charge in [0.1, 0.15) is 0 Å². The van der Waals surface area contributed by atoms with E-state index < -0.39 is 5.97 Å². The number of fused-ring (bicyclic) bond motifs is 7. The summed E-state index contributed by atoms with van der Waals surface area (Å²) in [6.07, 6.45) is 16.4. The monoisotopic (exact) mass is 651 g/mol. The number of benzene rings is 1. The van der Waals surface area contributed by atoms with Crippen molar-refractivity contribution >= 4 is 17.4 Å². The number of allylic oxidation sites excluding steroid dienone is 4. The Morgan fingerprint density at radius 3 is 2.15 bits per heavy atom. The summed E-state index contributed by atoms with van der Waals surface area (Å²) in [5, 5.41) is 9.49. The normalized spacial score (nSPS) is 41.6. The van der Waals surface area contributed by atoms with Crippen LogP contribution < -0.4 is 0 Å². The number of carboxylic acid groups (broad SMARTS) is 1. The highest BCUT2D eigenvalue weighted by Gasteiger charge is 2.71. The van der Waals surface area contributed by atoms with E-state index in [2.05, 4.69) is 65.7 Å². The van der Waals surface area contributed by atoms with E-state index in [1.165, 1.54) is 48.8 Å². The van der Waals surface area contributed by atoms with Gasteiger partial charge in [0, 0.05) is 13.1 Å². The Kier molecular flexibility index (Phi) is 8.08. The number of rotatable bonds is 5. The second-order valence-corrected chi connectivity index (χ2v) is 18.6. The lowest BCUT2D eigenvalue weighted by Crippen LogP contribution is -2.66. The third-order valence-corrected chi connectivity index (χ3v) is 16.5. The smallest absolute Gasteiger partial charge is 0.335 e. The topological polar surface area (TPSA) is 57.6 Å². The van der Waals surface area contributed by atoms with Crippen molar-refractivity contribution in [1.82, 2.24) is 4.90 Å². The summed E-state index contributed by atoms with van der Waals surface area (Å²) in [5.74, 6) is 2.06. The van der Waals surface area contributed by atoms with Crippen molar-refractivity contribution in [2.75, 3.05) is 13.1 Å². The van der Waals surface area contributed by atoms with Gasteiger partial charge in [-0.3, -0.25) is 4.79 Å². The summed E-state index contributed by atoms with van der Waals surface area (Å²) < 4.78 is 0. The van der Waals surface area contributed by atoms with E-state index in [9.17, 15) is 14.7 Å². The molecule has 4 saturated carbocycles. The molecule has 0 aromatic heterocycles. The predicted octanol–water partition coefficient (Wildman–Crippen LogP) is 10.6. The maximum atomic E-state index is 14.8. The van der Waals surface area contributed by atoms with Crippen LogP contribution in [0.2, 0.25) is 0 Å². The van der Waals surface area contributed by atoms with Crippen LogP contribution in [0.5, 0.6) is 0 Å². The molecule has 6 aliphatic rings. The molecule has 5 fully saturated rings. The first-order chi connectivity index (χ1) is 22.6. The Hall–Kier alpha value is -2.62. The zero-order valence-electron chi connectivity index (χ0n) is 30.8. The molecule has 1 aromatic carbocycles. The number of piperidine rings is 1. The predicted molar refractivity (Wildman–Crippen MR) is 195 cm³/mol. The fourth-order valence-electron chi connectivity index (χ4n) is 14.0. The molecular formula is C44H61NO3. The third-order valence-electron chi connectivity index (χ3n) is 16.5. The van der Waals surface area contributed by atoms with Crippen molar-refractivity contribution in [1.29, 1.82) is 0 Å². The lowest BCUT2D eigenvalue weighted by molar-refractivity contribution is -0.226. The fraction of sp³-hybridized carbons (Fsp3) is 0.682. The van der Waals surface area contributed by atoms with Crippen LogP contribution in [0.3, 0.4) is 0 Å². The summed E-state index contributed by atoms with van der Waals surface area (Å²) in [7, 11) is 0. The van der Waals surface area contributed by atoms with Gasteiger partial charge in [-0.05, 0) is 164 Å². The molecule has 4 nitrogen and oxygen atoms in total. The first-order valence-corrected chi connectivity index (χ1v) is 19.3. The number of amides is 1. The molecule has 7 rings (SSSR count). The average molecular weight is 652 g/mol. The zero-order chi connectivity index (χ0) is 34.4. The highest BCUT2D eigenvalue weighted by atomic mass is 16.4. The van der Waals surface area contributed by atoms with E-state index in [-0.39, 0.29) is 27.1 Å². The summed E-state index contributed by atoms with van der Waals surface area (Å²) in [6.45, 7) is 25.9. The molecule has 4 heteroatoms. The number of carbonyl (C=O) groups is 2.